The molecule has 0 aliphatic heterocycles. The molecule has 1 aliphatic rings. The van der Waals surface area contributed by atoms with Crippen LogP contribution in [-0.2, 0) is 7.05 Å². The van der Waals surface area contributed by atoms with Crippen LogP contribution in [0.4, 0.5) is 0 Å². The van der Waals surface area contributed by atoms with E-state index in [2.05, 4.69) is 11.1 Å². The lowest BCUT2D eigenvalue weighted by Crippen LogP contribution is -2.30. The first-order valence-electron chi connectivity index (χ1n) is 12.3. The highest BCUT2D eigenvalue weighted by Gasteiger charge is 2.22. The van der Waals surface area contributed by atoms with Crippen LogP contribution in [0.1, 0.15) is 61.6 Å². The molecule has 0 unspecified atom stereocenters. The van der Waals surface area contributed by atoms with Gasteiger partial charge in [0.2, 0.25) is 11.4 Å². The first-order chi connectivity index (χ1) is 15.5. The van der Waals surface area contributed by atoms with Gasteiger partial charge < -0.3 is 4.42 Å². The van der Waals surface area contributed by atoms with E-state index in [1.54, 1.807) is 12.1 Å². The highest BCUT2D eigenvalue weighted by Crippen LogP contribution is 2.38. The van der Waals surface area contributed by atoms with Crippen molar-refractivity contribution in [3.8, 4) is 11.3 Å². The van der Waals surface area contributed by atoms with Crippen LogP contribution in [0.25, 0.3) is 33.3 Å². The Balaban J connectivity index is 1.77. The molecule has 0 spiro atoms. The van der Waals surface area contributed by atoms with E-state index in [9.17, 15) is 0 Å². The standard InChI is InChI=1S/C25H27N2O/c1-16-13-14-27(3)22(15-16)23-17(2)9-10-19-20-11-12-21(18-7-5-4-6-8-18)26-25(20)28-24(19)23/h9-15,18H,4-8H2,1-3H3/q+1/i7D2,8D2,18D. The second-order valence-corrected chi connectivity index (χ2v) is 7.57. The van der Waals surface area contributed by atoms with Crippen LogP contribution in [0.2, 0.25) is 0 Å². The summed E-state index contributed by atoms with van der Waals surface area (Å²) in [6, 6.07) is 11.6. The van der Waals surface area contributed by atoms with Crippen molar-refractivity contribution in [2.75, 3.05) is 0 Å². The average Bonchev–Trinajstić information content (AvgIpc) is 3.11. The molecule has 28 heavy (non-hydrogen) atoms. The zero-order chi connectivity index (χ0) is 23.8. The molecule has 0 bridgehead atoms. The summed E-state index contributed by atoms with van der Waals surface area (Å²) in [7, 11) is 1.99. The number of fused-ring (bicyclic) bond motifs is 3. The number of rotatable bonds is 2. The molecule has 0 atom stereocenters. The third-order valence-corrected chi connectivity index (χ3v) is 5.49. The first kappa shape index (κ1) is 12.7. The molecule has 5 rings (SSSR count). The summed E-state index contributed by atoms with van der Waals surface area (Å²) in [6.07, 6.45) is -1.41. The minimum Gasteiger partial charge on any atom is -0.437 e. The van der Waals surface area contributed by atoms with E-state index >= 15 is 0 Å². The van der Waals surface area contributed by atoms with Crippen LogP contribution in [0, 0.1) is 13.8 Å². The highest BCUT2D eigenvalue weighted by atomic mass is 16.3. The topological polar surface area (TPSA) is 29.9 Å². The molecule has 0 amide bonds. The SMILES string of the molecule is [2H]C1([2H])CCCC([2H])([2H])C1([2H])c1ccc2c(n1)oc1c(-c3cc(C)cc[n+]3C)c(C)ccc12. The molecule has 1 aliphatic carbocycles. The van der Waals surface area contributed by atoms with E-state index in [0.717, 1.165) is 33.2 Å². The molecule has 3 heterocycles. The van der Waals surface area contributed by atoms with E-state index < -0.39 is 18.6 Å². The predicted molar refractivity (Wildman–Crippen MR) is 113 cm³/mol. The van der Waals surface area contributed by atoms with Crippen LogP contribution in [0.5, 0.6) is 0 Å². The molecule has 0 radical (unpaired) electrons. The predicted octanol–water partition coefficient (Wildman–Crippen LogP) is 6.14. The Morgan fingerprint density at radius 2 is 1.86 bits per heavy atom. The van der Waals surface area contributed by atoms with E-state index in [0.29, 0.717) is 17.7 Å². The minimum atomic E-state index is -2.12. The number of benzene rings is 1. The summed E-state index contributed by atoms with van der Waals surface area (Å²) in [6.45, 7) is 4.08. The Bertz CT molecular complexity index is 1390. The molecule has 0 N–H and O–H groups in total. The third-order valence-electron chi connectivity index (χ3n) is 5.49. The fraction of sp³-hybridized carbons (Fsp3) is 0.360. The number of hydrogen-bond acceptors (Lipinski definition) is 2. The first-order valence-corrected chi connectivity index (χ1v) is 9.76. The largest absolute Gasteiger partial charge is 0.437 e. The lowest BCUT2D eigenvalue weighted by molar-refractivity contribution is -0.660. The minimum absolute atomic E-state index is 0.0724. The molecular formula is C25H27N2O+. The second kappa shape index (κ2) is 6.73. The molecular weight excluding hydrogens is 344 g/mol. The summed E-state index contributed by atoms with van der Waals surface area (Å²) in [5.41, 5.74) is 5.21. The molecule has 0 saturated heterocycles. The fourth-order valence-electron chi connectivity index (χ4n) is 3.96. The summed E-state index contributed by atoms with van der Waals surface area (Å²) < 4.78 is 51.2. The van der Waals surface area contributed by atoms with Gasteiger partial charge in [-0.05, 0) is 49.9 Å². The van der Waals surface area contributed by atoms with Gasteiger partial charge in [0.05, 0.1) is 5.56 Å². The molecule has 3 nitrogen and oxygen atoms in total. The number of aromatic nitrogens is 2. The number of hydrogen-bond donors (Lipinski definition) is 0. The number of aryl methyl sites for hydroxylation is 3. The molecule has 3 aromatic heterocycles. The van der Waals surface area contributed by atoms with Gasteiger partial charge in [0, 0.05) is 41.3 Å². The summed E-state index contributed by atoms with van der Waals surface area (Å²) in [4.78, 5) is 4.56. The van der Waals surface area contributed by atoms with Crippen molar-refractivity contribution < 1.29 is 15.8 Å². The molecule has 3 heteroatoms. The molecule has 142 valence electrons. The molecule has 1 aromatic carbocycles. The number of nitrogens with zero attached hydrogens (tertiary/aromatic N) is 2. The Morgan fingerprint density at radius 3 is 2.68 bits per heavy atom. The van der Waals surface area contributed by atoms with E-state index in [1.807, 2.05) is 49.9 Å². The fourth-order valence-corrected chi connectivity index (χ4v) is 3.96. The van der Waals surface area contributed by atoms with Crippen LogP contribution >= 0.6 is 0 Å². The van der Waals surface area contributed by atoms with Crippen molar-refractivity contribution in [2.24, 2.45) is 7.05 Å². The van der Waals surface area contributed by atoms with Gasteiger partial charge in [0.15, 0.2) is 11.8 Å². The van der Waals surface area contributed by atoms with E-state index in [4.69, 9.17) is 11.3 Å². The van der Waals surface area contributed by atoms with Crippen LogP contribution in [0.15, 0.2) is 47.0 Å². The lowest BCUT2D eigenvalue weighted by Gasteiger charge is -2.20. The summed E-state index contributed by atoms with van der Waals surface area (Å²) in [5.74, 6) is -2.12. The highest BCUT2D eigenvalue weighted by molar-refractivity contribution is 6.08. The van der Waals surface area contributed by atoms with Gasteiger partial charge >= 0.3 is 0 Å². The number of furan rings is 1. The Morgan fingerprint density at radius 1 is 1.07 bits per heavy atom. The van der Waals surface area contributed by atoms with Crippen molar-refractivity contribution in [1.29, 1.82) is 0 Å². The second-order valence-electron chi connectivity index (χ2n) is 7.57. The normalized spacial score (nSPS) is 22.9. The monoisotopic (exact) mass is 376 g/mol. The summed E-state index contributed by atoms with van der Waals surface area (Å²) in [5, 5.41) is 1.66. The van der Waals surface area contributed by atoms with Gasteiger partial charge in [-0.3, -0.25) is 0 Å². The Hall–Kier alpha value is -2.68. The smallest absolute Gasteiger partial charge is 0.227 e. The van der Waals surface area contributed by atoms with Crippen molar-refractivity contribution in [2.45, 2.75) is 51.7 Å². The van der Waals surface area contributed by atoms with Gasteiger partial charge in [-0.1, -0.05) is 31.4 Å². The molecule has 1 fully saturated rings. The van der Waals surface area contributed by atoms with Crippen molar-refractivity contribution in [3.63, 3.8) is 0 Å². The van der Waals surface area contributed by atoms with E-state index in [-0.39, 0.29) is 18.5 Å². The van der Waals surface area contributed by atoms with Crippen molar-refractivity contribution in [3.05, 3.63) is 59.4 Å². The van der Waals surface area contributed by atoms with Gasteiger partial charge in [-0.15, -0.1) is 0 Å². The maximum Gasteiger partial charge on any atom is 0.227 e. The zero-order valence-corrected chi connectivity index (χ0v) is 16.5. The maximum atomic E-state index is 8.98. The molecule has 4 aromatic rings. The average molecular weight is 377 g/mol. The molecule has 1 saturated carbocycles. The maximum absolute atomic E-state index is 8.98. The van der Waals surface area contributed by atoms with Crippen molar-refractivity contribution in [1.82, 2.24) is 4.98 Å². The van der Waals surface area contributed by atoms with E-state index in [1.165, 1.54) is 0 Å². The van der Waals surface area contributed by atoms with Crippen LogP contribution in [0.3, 0.4) is 0 Å². The third kappa shape index (κ3) is 2.81. The van der Waals surface area contributed by atoms with Gasteiger partial charge in [0.1, 0.15) is 7.05 Å². The quantitative estimate of drug-likeness (QED) is 0.393. The lowest BCUT2D eigenvalue weighted by atomic mass is 9.86. The number of pyridine rings is 2. The van der Waals surface area contributed by atoms with Crippen LogP contribution < -0.4 is 4.57 Å². The summed E-state index contributed by atoms with van der Waals surface area (Å²) >= 11 is 0. The van der Waals surface area contributed by atoms with Crippen molar-refractivity contribution >= 4 is 22.1 Å². The Labute approximate surface area is 173 Å². The Kier molecular flexibility index (Phi) is 3.06. The van der Waals surface area contributed by atoms with Gasteiger partial charge in [-0.25, -0.2) is 9.55 Å². The zero-order valence-electron chi connectivity index (χ0n) is 21.5. The van der Waals surface area contributed by atoms with Gasteiger partial charge in [0.25, 0.3) is 0 Å². The van der Waals surface area contributed by atoms with Gasteiger partial charge in [-0.2, -0.15) is 0 Å². The van der Waals surface area contributed by atoms with Crippen LogP contribution in [-0.4, -0.2) is 4.98 Å².